The van der Waals surface area contributed by atoms with Crippen molar-refractivity contribution < 1.29 is 13.6 Å². The highest BCUT2D eigenvalue weighted by Crippen LogP contribution is 2.18. The molecule has 0 radical (unpaired) electrons. The zero-order valence-corrected chi connectivity index (χ0v) is 12.7. The largest absolute Gasteiger partial charge is 0.353 e. The van der Waals surface area contributed by atoms with Gasteiger partial charge in [-0.3, -0.25) is 4.79 Å². The van der Waals surface area contributed by atoms with Crippen LogP contribution in [0.3, 0.4) is 0 Å². The summed E-state index contributed by atoms with van der Waals surface area (Å²) in [4.78, 5) is 19.9. The van der Waals surface area contributed by atoms with E-state index in [-0.39, 0.29) is 0 Å². The average Bonchev–Trinajstić information content (AvgIpc) is 2.61. The van der Waals surface area contributed by atoms with Gasteiger partial charge in [-0.25, -0.2) is 13.8 Å². The molecular weight excluding hydrogens is 314 g/mol. The molecule has 5 nitrogen and oxygen atoms in total. The Morgan fingerprint density at radius 1 is 1.04 bits per heavy atom. The Labute approximate surface area is 137 Å². The van der Waals surface area contributed by atoms with Gasteiger partial charge in [0.2, 0.25) is 0 Å². The van der Waals surface area contributed by atoms with Crippen LogP contribution in [0.2, 0.25) is 0 Å². The third kappa shape index (κ3) is 3.04. The van der Waals surface area contributed by atoms with Gasteiger partial charge < -0.3 is 9.80 Å². The minimum absolute atomic E-state index is 0.319. The van der Waals surface area contributed by atoms with Crippen LogP contribution in [0.25, 0.3) is 0 Å². The Bertz CT molecular complexity index is 790. The lowest BCUT2D eigenvalue weighted by atomic mass is 10.1. The first-order valence-electron chi connectivity index (χ1n) is 7.45. The fourth-order valence-corrected chi connectivity index (χ4v) is 2.66. The van der Waals surface area contributed by atoms with Crippen molar-refractivity contribution >= 4 is 11.7 Å². The molecule has 1 fully saturated rings. The van der Waals surface area contributed by atoms with Crippen molar-refractivity contribution in [1.82, 2.24) is 9.88 Å². The maximum absolute atomic E-state index is 13.7. The number of carbonyl (C=O) groups is 1. The van der Waals surface area contributed by atoms with Gasteiger partial charge in [0.25, 0.3) is 5.91 Å². The first kappa shape index (κ1) is 15.9. The Kier molecular flexibility index (Phi) is 4.38. The third-order valence-electron chi connectivity index (χ3n) is 3.92. The van der Waals surface area contributed by atoms with Gasteiger partial charge in [0, 0.05) is 26.2 Å². The molecule has 1 aliphatic rings. The van der Waals surface area contributed by atoms with Crippen molar-refractivity contribution in [2.75, 3.05) is 31.1 Å². The van der Waals surface area contributed by atoms with Crippen LogP contribution in [0.1, 0.15) is 16.1 Å². The van der Waals surface area contributed by atoms with E-state index in [0.717, 1.165) is 12.1 Å². The number of halogens is 2. The molecule has 24 heavy (non-hydrogen) atoms. The second-order valence-corrected chi connectivity index (χ2v) is 5.37. The van der Waals surface area contributed by atoms with E-state index < -0.39 is 23.1 Å². The number of benzene rings is 1. The third-order valence-corrected chi connectivity index (χ3v) is 3.92. The lowest BCUT2D eigenvalue weighted by Crippen LogP contribution is -2.49. The number of nitriles is 1. The van der Waals surface area contributed by atoms with Crippen LogP contribution in [0.4, 0.5) is 14.6 Å². The fourth-order valence-electron chi connectivity index (χ4n) is 2.66. The minimum atomic E-state index is -0.856. The number of aromatic nitrogens is 1. The molecule has 1 amide bonds. The van der Waals surface area contributed by atoms with Crippen LogP contribution in [0.15, 0.2) is 36.4 Å². The summed E-state index contributed by atoms with van der Waals surface area (Å²) in [5.74, 6) is -1.71. The quantitative estimate of drug-likeness (QED) is 0.848. The molecule has 0 atom stereocenters. The molecule has 1 saturated heterocycles. The van der Waals surface area contributed by atoms with Gasteiger partial charge in [-0.15, -0.1) is 0 Å². The van der Waals surface area contributed by atoms with Crippen molar-refractivity contribution in [2.45, 2.75) is 0 Å². The van der Waals surface area contributed by atoms with E-state index >= 15 is 0 Å². The number of amides is 1. The van der Waals surface area contributed by atoms with Crippen LogP contribution >= 0.6 is 0 Å². The molecule has 3 rings (SSSR count). The zero-order chi connectivity index (χ0) is 17.1. The van der Waals surface area contributed by atoms with Crippen LogP contribution in [0.5, 0.6) is 0 Å². The average molecular weight is 328 g/mol. The van der Waals surface area contributed by atoms with E-state index in [0.29, 0.717) is 37.7 Å². The van der Waals surface area contributed by atoms with Gasteiger partial charge in [0.05, 0.1) is 0 Å². The zero-order valence-electron chi connectivity index (χ0n) is 12.7. The topological polar surface area (TPSA) is 60.2 Å². The summed E-state index contributed by atoms with van der Waals surface area (Å²) >= 11 is 0. The number of hydrogen-bond acceptors (Lipinski definition) is 4. The monoisotopic (exact) mass is 328 g/mol. The molecule has 0 unspecified atom stereocenters. The van der Waals surface area contributed by atoms with Crippen LogP contribution in [-0.2, 0) is 0 Å². The second-order valence-electron chi connectivity index (χ2n) is 5.37. The second kappa shape index (κ2) is 6.62. The molecule has 0 N–H and O–H groups in total. The van der Waals surface area contributed by atoms with E-state index in [2.05, 4.69) is 4.98 Å². The molecule has 1 aromatic carbocycles. The molecular formula is C17H14F2N4O. The summed E-state index contributed by atoms with van der Waals surface area (Å²) in [6.45, 7) is 1.60. The smallest absolute Gasteiger partial charge is 0.259 e. The molecule has 1 aliphatic heterocycles. The Balaban J connectivity index is 1.71. The maximum Gasteiger partial charge on any atom is 0.259 e. The van der Waals surface area contributed by atoms with Crippen LogP contribution in [0, 0.1) is 23.0 Å². The van der Waals surface area contributed by atoms with Gasteiger partial charge in [-0.05, 0) is 24.3 Å². The number of rotatable bonds is 2. The molecule has 0 bridgehead atoms. The van der Waals surface area contributed by atoms with Crippen LogP contribution < -0.4 is 4.90 Å². The fraction of sp³-hybridized carbons (Fsp3) is 0.235. The summed E-state index contributed by atoms with van der Waals surface area (Å²) in [6.07, 6.45) is 0. The Morgan fingerprint density at radius 3 is 2.29 bits per heavy atom. The normalized spacial score (nSPS) is 14.4. The molecule has 2 heterocycles. The van der Waals surface area contributed by atoms with Crippen molar-refractivity contribution in [3.05, 3.63) is 59.3 Å². The molecule has 7 heteroatoms. The van der Waals surface area contributed by atoms with E-state index in [1.807, 2.05) is 11.0 Å². The number of carbonyl (C=O) groups excluding carboxylic acids is 1. The van der Waals surface area contributed by atoms with Crippen LogP contribution in [-0.4, -0.2) is 42.0 Å². The standard InChI is InChI=1S/C17H14F2N4O/c18-13-4-2-5-14(19)16(13)17(24)23-9-7-22(8-10-23)15-6-1-3-12(11-20)21-15/h1-6H,7-10H2. The summed E-state index contributed by atoms with van der Waals surface area (Å²) in [5.41, 5.74) is -0.199. The maximum atomic E-state index is 13.7. The van der Waals surface area contributed by atoms with Crippen molar-refractivity contribution in [2.24, 2.45) is 0 Å². The van der Waals surface area contributed by atoms with E-state index in [1.165, 1.54) is 11.0 Å². The molecule has 0 saturated carbocycles. The summed E-state index contributed by atoms with van der Waals surface area (Å²) in [5, 5.41) is 8.90. The van der Waals surface area contributed by atoms with E-state index in [9.17, 15) is 13.6 Å². The number of piperazine rings is 1. The molecule has 0 aliphatic carbocycles. The highest BCUT2D eigenvalue weighted by atomic mass is 19.1. The number of pyridine rings is 1. The molecule has 2 aromatic rings. The summed E-state index contributed by atoms with van der Waals surface area (Å²) in [7, 11) is 0. The first-order valence-corrected chi connectivity index (χ1v) is 7.45. The van der Waals surface area contributed by atoms with Gasteiger partial charge in [0.1, 0.15) is 34.8 Å². The summed E-state index contributed by atoms with van der Waals surface area (Å²) < 4.78 is 27.5. The number of anilines is 1. The lowest BCUT2D eigenvalue weighted by molar-refractivity contribution is 0.0736. The predicted octanol–water partition coefficient (Wildman–Crippen LogP) is 2.19. The minimum Gasteiger partial charge on any atom is -0.353 e. The van der Waals surface area contributed by atoms with E-state index in [1.54, 1.807) is 18.2 Å². The molecule has 1 aromatic heterocycles. The van der Waals surface area contributed by atoms with Gasteiger partial charge in [0.15, 0.2) is 0 Å². The SMILES string of the molecule is N#Cc1cccc(N2CCN(C(=O)c3c(F)cccc3F)CC2)n1. The highest BCUT2D eigenvalue weighted by Gasteiger charge is 2.26. The summed E-state index contributed by atoms with van der Waals surface area (Å²) in [6, 6.07) is 10.5. The number of nitrogens with zero attached hydrogens (tertiary/aromatic N) is 4. The predicted molar refractivity (Wildman–Crippen MR) is 83.4 cm³/mol. The molecule has 122 valence electrons. The van der Waals surface area contributed by atoms with Gasteiger partial charge in [-0.1, -0.05) is 12.1 Å². The van der Waals surface area contributed by atoms with E-state index in [4.69, 9.17) is 5.26 Å². The highest BCUT2D eigenvalue weighted by molar-refractivity contribution is 5.95. The van der Waals surface area contributed by atoms with Gasteiger partial charge >= 0.3 is 0 Å². The first-order chi connectivity index (χ1) is 11.6. The van der Waals surface area contributed by atoms with Crippen molar-refractivity contribution in [3.8, 4) is 6.07 Å². The lowest BCUT2D eigenvalue weighted by Gasteiger charge is -2.35. The number of hydrogen-bond donors (Lipinski definition) is 0. The van der Waals surface area contributed by atoms with Gasteiger partial charge in [-0.2, -0.15) is 5.26 Å². The Hall–Kier alpha value is -3.01. The van der Waals surface area contributed by atoms with Crippen molar-refractivity contribution in [3.63, 3.8) is 0 Å². The molecule has 0 spiro atoms. The van der Waals surface area contributed by atoms with Crippen molar-refractivity contribution in [1.29, 1.82) is 5.26 Å². The Morgan fingerprint density at radius 2 is 1.67 bits per heavy atom.